The smallest absolute Gasteiger partial charge is 0.250 e. The van der Waals surface area contributed by atoms with Crippen LogP contribution >= 0.6 is 0 Å². The Hall–Kier alpha value is -1.56. The van der Waals surface area contributed by atoms with Crippen LogP contribution in [0.15, 0.2) is 12.1 Å². The van der Waals surface area contributed by atoms with Crippen LogP contribution in [-0.2, 0) is 9.53 Å². The SMILES string of the molecule is CCOCC(=O)Nc1cc(F)cc(F)c1F. The molecule has 0 fully saturated rings. The maximum absolute atomic E-state index is 13.1. The third-order valence-corrected chi connectivity index (χ3v) is 1.70. The van der Waals surface area contributed by atoms with Gasteiger partial charge in [-0.05, 0) is 6.92 Å². The molecule has 0 unspecified atom stereocenters. The van der Waals surface area contributed by atoms with Crippen LogP contribution in [0.25, 0.3) is 0 Å². The molecule has 16 heavy (non-hydrogen) atoms. The van der Waals surface area contributed by atoms with Gasteiger partial charge in [-0.25, -0.2) is 13.2 Å². The third-order valence-electron chi connectivity index (χ3n) is 1.70. The zero-order valence-corrected chi connectivity index (χ0v) is 8.52. The van der Waals surface area contributed by atoms with Gasteiger partial charge in [-0.3, -0.25) is 4.79 Å². The van der Waals surface area contributed by atoms with Crippen LogP contribution in [0.5, 0.6) is 0 Å². The van der Waals surface area contributed by atoms with E-state index in [9.17, 15) is 18.0 Å². The number of rotatable bonds is 4. The fourth-order valence-electron chi connectivity index (χ4n) is 1.03. The number of benzene rings is 1. The van der Waals surface area contributed by atoms with Gasteiger partial charge in [-0.2, -0.15) is 0 Å². The number of nitrogens with one attached hydrogen (secondary N) is 1. The molecule has 0 aliphatic carbocycles. The lowest BCUT2D eigenvalue weighted by molar-refractivity contribution is -0.120. The van der Waals surface area contributed by atoms with Crippen molar-refractivity contribution in [2.24, 2.45) is 0 Å². The highest BCUT2D eigenvalue weighted by Gasteiger charge is 2.13. The summed E-state index contributed by atoms with van der Waals surface area (Å²) < 4.78 is 43.3. The van der Waals surface area contributed by atoms with Gasteiger partial charge in [0, 0.05) is 18.7 Å². The Balaban J connectivity index is 2.77. The number of anilines is 1. The fraction of sp³-hybridized carbons (Fsp3) is 0.300. The van der Waals surface area contributed by atoms with Crippen molar-refractivity contribution in [2.75, 3.05) is 18.5 Å². The maximum atomic E-state index is 13.1. The fourth-order valence-corrected chi connectivity index (χ4v) is 1.03. The Morgan fingerprint density at radius 1 is 1.38 bits per heavy atom. The molecule has 1 rings (SSSR count). The van der Waals surface area contributed by atoms with Crippen LogP contribution < -0.4 is 5.32 Å². The average molecular weight is 233 g/mol. The van der Waals surface area contributed by atoms with Crippen molar-refractivity contribution >= 4 is 11.6 Å². The van der Waals surface area contributed by atoms with Crippen LogP contribution in [0, 0.1) is 17.5 Å². The molecule has 6 heteroatoms. The molecule has 1 amide bonds. The van der Waals surface area contributed by atoms with Crippen LogP contribution in [-0.4, -0.2) is 19.1 Å². The molecule has 0 heterocycles. The lowest BCUT2D eigenvalue weighted by atomic mass is 10.3. The number of hydrogen-bond donors (Lipinski definition) is 1. The molecule has 0 bridgehead atoms. The van der Waals surface area contributed by atoms with Crippen molar-refractivity contribution in [3.05, 3.63) is 29.6 Å². The Morgan fingerprint density at radius 2 is 2.06 bits per heavy atom. The maximum Gasteiger partial charge on any atom is 0.250 e. The number of carbonyl (C=O) groups is 1. The summed E-state index contributed by atoms with van der Waals surface area (Å²) in [5, 5.41) is 2.01. The molecule has 1 N–H and O–H groups in total. The zero-order chi connectivity index (χ0) is 12.1. The quantitative estimate of drug-likeness (QED) is 0.808. The van der Waals surface area contributed by atoms with Crippen molar-refractivity contribution in [1.29, 1.82) is 0 Å². The highest BCUT2D eigenvalue weighted by molar-refractivity contribution is 5.91. The molecular weight excluding hydrogens is 223 g/mol. The molecule has 0 saturated heterocycles. The minimum absolute atomic E-state index is 0.298. The van der Waals surface area contributed by atoms with Crippen molar-refractivity contribution in [2.45, 2.75) is 6.92 Å². The summed E-state index contributed by atoms with van der Waals surface area (Å²) in [6.45, 7) is 1.69. The van der Waals surface area contributed by atoms with Crippen molar-refractivity contribution < 1.29 is 22.7 Å². The second kappa shape index (κ2) is 5.50. The summed E-state index contributed by atoms with van der Waals surface area (Å²) in [7, 11) is 0. The topological polar surface area (TPSA) is 38.3 Å². The molecule has 1 aromatic rings. The Morgan fingerprint density at radius 3 is 2.69 bits per heavy atom. The number of amides is 1. The number of carbonyl (C=O) groups excluding carboxylic acids is 1. The molecule has 0 atom stereocenters. The largest absolute Gasteiger partial charge is 0.372 e. The Kier molecular flexibility index (Phi) is 4.30. The molecule has 0 aromatic heterocycles. The molecule has 3 nitrogen and oxygen atoms in total. The van der Waals surface area contributed by atoms with E-state index in [0.717, 1.165) is 0 Å². The lowest BCUT2D eigenvalue weighted by Gasteiger charge is -2.07. The van der Waals surface area contributed by atoms with Crippen LogP contribution in [0.2, 0.25) is 0 Å². The van der Waals surface area contributed by atoms with E-state index in [1.54, 1.807) is 6.92 Å². The molecule has 0 saturated carbocycles. The summed E-state index contributed by atoms with van der Waals surface area (Å²) in [4.78, 5) is 11.1. The van der Waals surface area contributed by atoms with Gasteiger partial charge in [-0.1, -0.05) is 0 Å². The van der Waals surface area contributed by atoms with E-state index in [2.05, 4.69) is 0 Å². The summed E-state index contributed by atoms with van der Waals surface area (Å²) in [6, 6.07) is 1.09. The first kappa shape index (κ1) is 12.5. The van der Waals surface area contributed by atoms with E-state index in [0.29, 0.717) is 18.7 Å². The molecule has 0 aliphatic heterocycles. The van der Waals surface area contributed by atoms with Gasteiger partial charge >= 0.3 is 0 Å². The summed E-state index contributed by atoms with van der Waals surface area (Å²) >= 11 is 0. The normalized spacial score (nSPS) is 10.2. The number of hydrogen-bond acceptors (Lipinski definition) is 2. The third kappa shape index (κ3) is 3.23. The van der Waals surface area contributed by atoms with Gasteiger partial charge in [0.25, 0.3) is 0 Å². The predicted octanol–water partition coefficient (Wildman–Crippen LogP) is 2.08. The highest BCUT2D eigenvalue weighted by Crippen LogP contribution is 2.18. The van der Waals surface area contributed by atoms with Crippen molar-refractivity contribution in [3.8, 4) is 0 Å². The van der Waals surface area contributed by atoms with Crippen LogP contribution in [0.1, 0.15) is 6.92 Å². The summed E-state index contributed by atoms with van der Waals surface area (Å²) in [5.74, 6) is -4.30. The van der Waals surface area contributed by atoms with E-state index < -0.39 is 29.0 Å². The van der Waals surface area contributed by atoms with Crippen molar-refractivity contribution in [3.63, 3.8) is 0 Å². The number of halogens is 3. The Bertz CT molecular complexity index is 396. The minimum atomic E-state index is -1.35. The zero-order valence-electron chi connectivity index (χ0n) is 8.52. The van der Waals surface area contributed by atoms with Crippen LogP contribution in [0.3, 0.4) is 0 Å². The number of ether oxygens (including phenoxy) is 1. The van der Waals surface area contributed by atoms with E-state index in [4.69, 9.17) is 4.74 Å². The van der Waals surface area contributed by atoms with E-state index in [1.165, 1.54) is 0 Å². The predicted molar refractivity (Wildman–Crippen MR) is 51.4 cm³/mol. The minimum Gasteiger partial charge on any atom is -0.372 e. The highest BCUT2D eigenvalue weighted by atomic mass is 19.2. The van der Waals surface area contributed by atoms with E-state index >= 15 is 0 Å². The van der Waals surface area contributed by atoms with Gasteiger partial charge in [0.1, 0.15) is 12.4 Å². The van der Waals surface area contributed by atoms with Gasteiger partial charge in [0.15, 0.2) is 11.6 Å². The first-order chi connectivity index (χ1) is 7.54. The van der Waals surface area contributed by atoms with Gasteiger partial charge in [0.05, 0.1) is 5.69 Å². The average Bonchev–Trinajstić information content (AvgIpc) is 2.22. The van der Waals surface area contributed by atoms with Crippen molar-refractivity contribution in [1.82, 2.24) is 0 Å². The molecule has 1 aromatic carbocycles. The molecular formula is C10H10F3NO2. The summed E-state index contributed by atoms with van der Waals surface area (Å²) in [5.41, 5.74) is -0.540. The molecule has 0 radical (unpaired) electrons. The summed E-state index contributed by atoms with van der Waals surface area (Å²) in [6.07, 6.45) is 0. The second-order valence-corrected chi connectivity index (χ2v) is 2.93. The monoisotopic (exact) mass is 233 g/mol. The van der Waals surface area contributed by atoms with Gasteiger partial charge in [-0.15, -0.1) is 0 Å². The standard InChI is InChI=1S/C10H10F3NO2/c1-2-16-5-9(15)14-8-4-6(11)3-7(12)10(8)13/h3-4H,2,5H2,1H3,(H,14,15). The van der Waals surface area contributed by atoms with Crippen LogP contribution in [0.4, 0.5) is 18.9 Å². The van der Waals surface area contributed by atoms with E-state index in [1.807, 2.05) is 5.32 Å². The molecule has 0 spiro atoms. The van der Waals surface area contributed by atoms with Gasteiger partial charge in [0.2, 0.25) is 5.91 Å². The van der Waals surface area contributed by atoms with E-state index in [-0.39, 0.29) is 6.61 Å². The first-order valence-electron chi connectivity index (χ1n) is 4.56. The van der Waals surface area contributed by atoms with Gasteiger partial charge < -0.3 is 10.1 Å². The Labute approximate surface area is 90.2 Å². The molecule has 0 aliphatic rings. The lowest BCUT2D eigenvalue weighted by Crippen LogP contribution is -2.19. The second-order valence-electron chi connectivity index (χ2n) is 2.93. The molecule has 88 valence electrons. The first-order valence-corrected chi connectivity index (χ1v) is 4.56.